The maximum atomic E-state index is 12.6. The van der Waals surface area contributed by atoms with Crippen molar-refractivity contribution in [2.75, 3.05) is 11.9 Å². The molecule has 138 valence electrons. The lowest BCUT2D eigenvalue weighted by Crippen LogP contribution is -2.33. The molecule has 3 aromatic rings. The summed E-state index contributed by atoms with van der Waals surface area (Å²) in [6.45, 7) is 4.50. The van der Waals surface area contributed by atoms with E-state index < -0.39 is 0 Å². The topological polar surface area (TPSA) is 88.4 Å². The van der Waals surface area contributed by atoms with E-state index in [2.05, 4.69) is 20.8 Å². The molecule has 0 saturated carbocycles. The van der Waals surface area contributed by atoms with Gasteiger partial charge < -0.3 is 10.6 Å². The predicted octanol–water partition coefficient (Wildman–Crippen LogP) is 2.32. The van der Waals surface area contributed by atoms with Crippen molar-refractivity contribution in [3.8, 4) is 0 Å². The predicted molar refractivity (Wildman–Crippen MR) is 102 cm³/mol. The average molecular weight is 363 g/mol. The highest BCUT2D eigenvalue weighted by Crippen LogP contribution is 2.37. The molecule has 2 amide bonds. The highest BCUT2D eigenvalue weighted by Gasteiger charge is 2.32. The second kappa shape index (κ2) is 6.50. The molecule has 0 unspecified atom stereocenters. The number of nitrogens with zero attached hydrogens (tertiary/aromatic N) is 3. The molecule has 0 fully saturated rings. The van der Waals surface area contributed by atoms with Gasteiger partial charge in [0.05, 0.1) is 0 Å². The van der Waals surface area contributed by atoms with Crippen LogP contribution in [0.4, 0.5) is 5.69 Å². The van der Waals surface area contributed by atoms with Crippen molar-refractivity contribution in [2.24, 2.45) is 0 Å². The second-order valence-electron chi connectivity index (χ2n) is 7.42. The molecular formula is C20H21N5O2. The summed E-state index contributed by atoms with van der Waals surface area (Å²) in [6.07, 6.45) is 2.90. The lowest BCUT2D eigenvalue weighted by atomic mass is 9.77. The Kier molecular flexibility index (Phi) is 4.14. The van der Waals surface area contributed by atoms with Gasteiger partial charge in [-0.1, -0.05) is 19.9 Å². The second-order valence-corrected chi connectivity index (χ2v) is 7.42. The van der Waals surface area contributed by atoms with Crippen LogP contribution in [0.3, 0.4) is 0 Å². The van der Waals surface area contributed by atoms with Gasteiger partial charge >= 0.3 is 0 Å². The van der Waals surface area contributed by atoms with E-state index >= 15 is 0 Å². The molecule has 0 spiro atoms. The van der Waals surface area contributed by atoms with E-state index in [-0.39, 0.29) is 17.2 Å². The molecule has 7 heteroatoms. The van der Waals surface area contributed by atoms with E-state index in [0.29, 0.717) is 24.9 Å². The molecule has 2 N–H and O–H groups in total. The first-order valence-corrected chi connectivity index (χ1v) is 8.95. The van der Waals surface area contributed by atoms with Crippen LogP contribution in [0.25, 0.3) is 5.65 Å². The molecule has 2 aromatic heterocycles. The minimum Gasteiger partial charge on any atom is -0.352 e. The fourth-order valence-electron chi connectivity index (χ4n) is 3.50. The third-order valence-corrected chi connectivity index (χ3v) is 4.91. The summed E-state index contributed by atoms with van der Waals surface area (Å²) in [5.41, 5.74) is 2.84. The van der Waals surface area contributed by atoms with Crippen molar-refractivity contribution in [1.82, 2.24) is 19.9 Å². The van der Waals surface area contributed by atoms with Crippen molar-refractivity contribution in [2.45, 2.75) is 32.1 Å². The van der Waals surface area contributed by atoms with Crippen molar-refractivity contribution >= 4 is 23.1 Å². The first-order valence-electron chi connectivity index (χ1n) is 8.95. The smallest absolute Gasteiger partial charge is 0.251 e. The Morgan fingerprint density at radius 2 is 2.11 bits per heavy atom. The number of aromatic nitrogens is 3. The van der Waals surface area contributed by atoms with Gasteiger partial charge in [0.2, 0.25) is 5.91 Å². The SMILES string of the molecule is CC1(C)CC(=O)Nc2ccc(C(=O)NCCc3nnc4ccccn34)cc21. The van der Waals surface area contributed by atoms with Crippen LogP contribution in [0.5, 0.6) is 0 Å². The van der Waals surface area contributed by atoms with Gasteiger partial charge in [-0.05, 0) is 35.9 Å². The monoisotopic (exact) mass is 363 g/mol. The molecule has 0 saturated heterocycles. The summed E-state index contributed by atoms with van der Waals surface area (Å²) >= 11 is 0. The Labute approximate surface area is 156 Å². The Bertz CT molecular complexity index is 1040. The summed E-state index contributed by atoms with van der Waals surface area (Å²) in [5.74, 6) is 0.671. The van der Waals surface area contributed by atoms with Crippen molar-refractivity contribution in [3.05, 3.63) is 59.5 Å². The highest BCUT2D eigenvalue weighted by atomic mass is 16.2. The fourth-order valence-corrected chi connectivity index (χ4v) is 3.50. The van der Waals surface area contributed by atoms with Gasteiger partial charge in [0.25, 0.3) is 5.91 Å². The number of anilines is 1. The van der Waals surface area contributed by atoms with Crippen LogP contribution in [-0.2, 0) is 16.6 Å². The summed E-state index contributed by atoms with van der Waals surface area (Å²) in [7, 11) is 0. The number of rotatable bonds is 4. The maximum Gasteiger partial charge on any atom is 0.251 e. The lowest BCUT2D eigenvalue weighted by Gasteiger charge is -2.32. The van der Waals surface area contributed by atoms with Crippen LogP contribution in [0, 0.1) is 0 Å². The van der Waals surface area contributed by atoms with E-state index in [1.807, 2.05) is 48.7 Å². The van der Waals surface area contributed by atoms with Crippen LogP contribution >= 0.6 is 0 Å². The molecule has 4 rings (SSSR count). The molecule has 7 nitrogen and oxygen atoms in total. The highest BCUT2D eigenvalue weighted by molar-refractivity contribution is 5.98. The Morgan fingerprint density at radius 1 is 1.26 bits per heavy atom. The van der Waals surface area contributed by atoms with Gasteiger partial charge in [0.15, 0.2) is 5.65 Å². The standard InChI is InChI=1S/C20H21N5O2/c1-20(2)12-18(26)22-15-7-6-13(11-14(15)20)19(27)21-9-8-17-24-23-16-5-3-4-10-25(16)17/h3-7,10-11H,8-9,12H2,1-2H3,(H,21,27)(H,22,26). The van der Waals surface area contributed by atoms with Crippen molar-refractivity contribution in [1.29, 1.82) is 0 Å². The maximum absolute atomic E-state index is 12.6. The van der Waals surface area contributed by atoms with Gasteiger partial charge in [-0.25, -0.2) is 0 Å². The quantitative estimate of drug-likeness (QED) is 0.745. The number of nitrogens with one attached hydrogen (secondary N) is 2. The minimum absolute atomic E-state index is 0.00485. The van der Waals surface area contributed by atoms with Crippen LogP contribution in [0.1, 0.15) is 42.0 Å². The summed E-state index contributed by atoms with van der Waals surface area (Å²) in [6, 6.07) is 11.1. The summed E-state index contributed by atoms with van der Waals surface area (Å²) in [5, 5.41) is 14.1. The van der Waals surface area contributed by atoms with Gasteiger partial charge in [-0.15, -0.1) is 10.2 Å². The number of fused-ring (bicyclic) bond motifs is 2. The van der Waals surface area contributed by atoms with Crippen LogP contribution in [0.15, 0.2) is 42.6 Å². The summed E-state index contributed by atoms with van der Waals surface area (Å²) < 4.78 is 1.91. The Morgan fingerprint density at radius 3 is 2.96 bits per heavy atom. The van der Waals surface area contributed by atoms with E-state index in [4.69, 9.17) is 0 Å². The van der Waals surface area contributed by atoms with E-state index in [0.717, 1.165) is 22.7 Å². The third kappa shape index (κ3) is 3.28. The normalized spacial score (nSPS) is 15.3. The van der Waals surface area contributed by atoms with Gasteiger partial charge in [0.1, 0.15) is 5.82 Å². The number of amides is 2. The zero-order valence-electron chi connectivity index (χ0n) is 15.3. The fraction of sp³-hybridized carbons (Fsp3) is 0.300. The molecule has 0 aliphatic carbocycles. The van der Waals surface area contributed by atoms with E-state index in [1.54, 1.807) is 12.1 Å². The zero-order valence-corrected chi connectivity index (χ0v) is 15.3. The number of carbonyl (C=O) groups is 2. The molecule has 27 heavy (non-hydrogen) atoms. The largest absolute Gasteiger partial charge is 0.352 e. The first-order chi connectivity index (χ1) is 12.9. The molecule has 0 atom stereocenters. The Balaban J connectivity index is 1.45. The zero-order chi connectivity index (χ0) is 19.0. The molecule has 0 radical (unpaired) electrons. The molecule has 0 bridgehead atoms. The number of carbonyl (C=O) groups excluding carboxylic acids is 2. The molecule has 1 aromatic carbocycles. The van der Waals surface area contributed by atoms with Crippen molar-refractivity contribution in [3.63, 3.8) is 0 Å². The molecule has 3 heterocycles. The Hall–Kier alpha value is -3.22. The molecular weight excluding hydrogens is 342 g/mol. The van der Waals surface area contributed by atoms with Gasteiger partial charge in [0, 0.05) is 42.2 Å². The average Bonchev–Trinajstić information content (AvgIpc) is 3.04. The molecule has 1 aliphatic rings. The molecule has 1 aliphatic heterocycles. The number of benzene rings is 1. The number of hydrogen-bond acceptors (Lipinski definition) is 4. The van der Waals surface area contributed by atoms with Crippen LogP contribution < -0.4 is 10.6 Å². The van der Waals surface area contributed by atoms with E-state index in [1.165, 1.54) is 0 Å². The number of pyridine rings is 1. The van der Waals surface area contributed by atoms with Crippen LogP contribution in [-0.4, -0.2) is 33.0 Å². The van der Waals surface area contributed by atoms with E-state index in [9.17, 15) is 9.59 Å². The first kappa shape index (κ1) is 17.2. The van der Waals surface area contributed by atoms with Gasteiger partial charge in [-0.2, -0.15) is 0 Å². The third-order valence-electron chi connectivity index (χ3n) is 4.91. The minimum atomic E-state index is -0.297. The number of hydrogen-bond donors (Lipinski definition) is 2. The van der Waals surface area contributed by atoms with Gasteiger partial charge in [-0.3, -0.25) is 14.0 Å². The summed E-state index contributed by atoms with van der Waals surface area (Å²) in [4.78, 5) is 24.4. The van der Waals surface area contributed by atoms with Crippen LogP contribution in [0.2, 0.25) is 0 Å². The van der Waals surface area contributed by atoms with Crippen molar-refractivity contribution < 1.29 is 9.59 Å². The lowest BCUT2D eigenvalue weighted by molar-refractivity contribution is -0.117.